The van der Waals surface area contributed by atoms with Crippen molar-refractivity contribution in [2.24, 2.45) is 0 Å². The number of hydrogen-bond donors (Lipinski definition) is 1. The molecule has 5 rings (SSSR count). The zero-order chi connectivity index (χ0) is 21.9. The topological polar surface area (TPSA) is 71.8 Å². The molecule has 2 aliphatic rings. The molecule has 1 N–H and O–H groups in total. The van der Waals surface area contributed by atoms with Gasteiger partial charge in [-0.25, -0.2) is 13.9 Å². The van der Waals surface area contributed by atoms with E-state index in [2.05, 4.69) is 15.4 Å². The highest BCUT2D eigenvalue weighted by atomic mass is 35.5. The van der Waals surface area contributed by atoms with Crippen molar-refractivity contribution < 1.29 is 13.9 Å². The smallest absolute Gasteiger partial charge is 0.258 e. The molecule has 1 amide bonds. The number of carbonyl (C=O) groups excluding carboxylic acids is 1. The molecule has 3 aromatic rings. The average Bonchev–Trinajstić information content (AvgIpc) is 3.27. The van der Waals surface area contributed by atoms with E-state index in [1.807, 2.05) is 20.9 Å². The van der Waals surface area contributed by atoms with Crippen molar-refractivity contribution in [3.05, 3.63) is 57.2 Å². The zero-order valence-electron chi connectivity index (χ0n) is 17.6. The molecule has 1 saturated carbocycles. The molecule has 7 nitrogen and oxygen atoms in total. The van der Waals surface area contributed by atoms with E-state index in [-0.39, 0.29) is 12.0 Å². The maximum atomic E-state index is 13.9. The van der Waals surface area contributed by atoms with Crippen LogP contribution in [0.1, 0.15) is 45.8 Å². The van der Waals surface area contributed by atoms with Crippen LogP contribution in [-0.2, 0) is 13.1 Å². The molecule has 0 atom stereocenters. The van der Waals surface area contributed by atoms with E-state index in [0.29, 0.717) is 41.1 Å². The minimum Gasteiger partial charge on any atom is -0.489 e. The number of amides is 1. The van der Waals surface area contributed by atoms with Crippen molar-refractivity contribution >= 4 is 23.2 Å². The van der Waals surface area contributed by atoms with Gasteiger partial charge in [0.05, 0.1) is 40.8 Å². The molecule has 0 spiro atoms. The van der Waals surface area contributed by atoms with Gasteiger partial charge in [-0.1, -0.05) is 11.6 Å². The van der Waals surface area contributed by atoms with E-state index in [0.717, 1.165) is 35.5 Å². The molecule has 0 bridgehead atoms. The van der Waals surface area contributed by atoms with Crippen molar-refractivity contribution in [2.75, 3.05) is 7.05 Å². The van der Waals surface area contributed by atoms with Crippen LogP contribution < -0.4 is 10.1 Å². The van der Waals surface area contributed by atoms with Crippen molar-refractivity contribution in [3.8, 4) is 5.75 Å². The summed E-state index contributed by atoms with van der Waals surface area (Å²) in [5.41, 5.74) is 4.34. The highest BCUT2D eigenvalue weighted by Crippen LogP contribution is 2.33. The van der Waals surface area contributed by atoms with Gasteiger partial charge >= 0.3 is 0 Å². The maximum Gasteiger partial charge on any atom is 0.258 e. The molecule has 1 aliphatic heterocycles. The Morgan fingerprint density at radius 1 is 1.29 bits per heavy atom. The highest BCUT2D eigenvalue weighted by Gasteiger charge is 2.34. The van der Waals surface area contributed by atoms with Crippen LogP contribution in [-0.4, -0.2) is 44.6 Å². The van der Waals surface area contributed by atoms with Crippen molar-refractivity contribution in [2.45, 2.75) is 51.9 Å². The number of nitrogens with one attached hydrogen (secondary N) is 1. The third-order valence-electron chi connectivity index (χ3n) is 6.21. The Morgan fingerprint density at radius 3 is 2.81 bits per heavy atom. The summed E-state index contributed by atoms with van der Waals surface area (Å²) in [6, 6.07) is 4.48. The number of hydrogen-bond acceptors (Lipinski definition) is 5. The monoisotopic (exact) mass is 443 g/mol. The normalized spacial score (nSPS) is 20.1. The van der Waals surface area contributed by atoms with Crippen LogP contribution >= 0.6 is 11.6 Å². The van der Waals surface area contributed by atoms with Crippen molar-refractivity contribution in [1.82, 2.24) is 24.8 Å². The predicted molar refractivity (Wildman–Crippen MR) is 114 cm³/mol. The van der Waals surface area contributed by atoms with E-state index in [4.69, 9.17) is 16.3 Å². The third kappa shape index (κ3) is 3.34. The molecule has 0 unspecified atom stereocenters. The van der Waals surface area contributed by atoms with Crippen LogP contribution in [0.4, 0.5) is 4.39 Å². The van der Waals surface area contributed by atoms with Crippen molar-refractivity contribution in [3.63, 3.8) is 0 Å². The predicted octanol–water partition coefficient (Wildman–Crippen LogP) is 3.42. The molecule has 2 aromatic heterocycles. The number of aromatic nitrogens is 3. The zero-order valence-corrected chi connectivity index (χ0v) is 18.3. The summed E-state index contributed by atoms with van der Waals surface area (Å²) in [6.07, 6.45) is 1.64. The van der Waals surface area contributed by atoms with Crippen LogP contribution in [0.3, 0.4) is 0 Å². The van der Waals surface area contributed by atoms with Gasteiger partial charge in [-0.15, -0.1) is 0 Å². The lowest BCUT2D eigenvalue weighted by molar-refractivity contribution is 0.0707. The second-order valence-corrected chi connectivity index (χ2v) is 8.63. The average molecular weight is 444 g/mol. The number of carbonyl (C=O) groups is 1. The molecule has 31 heavy (non-hydrogen) atoms. The molecule has 1 aromatic carbocycles. The van der Waals surface area contributed by atoms with E-state index >= 15 is 0 Å². The van der Waals surface area contributed by atoms with Crippen molar-refractivity contribution in [1.29, 1.82) is 0 Å². The molecule has 9 heteroatoms. The minimum absolute atomic E-state index is 0.0225. The summed E-state index contributed by atoms with van der Waals surface area (Å²) in [7, 11) is 1.91. The summed E-state index contributed by atoms with van der Waals surface area (Å²) in [6.45, 7) is 4.49. The quantitative estimate of drug-likeness (QED) is 0.669. The fourth-order valence-electron chi connectivity index (χ4n) is 4.27. The number of nitrogens with zero attached hydrogens (tertiary/aromatic N) is 4. The number of ether oxygens (including phenoxy) is 1. The summed E-state index contributed by atoms with van der Waals surface area (Å²) < 4.78 is 21.6. The molecule has 1 aliphatic carbocycles. The summed E-state index contributed by atoms with van der Waals surface area (Å²) in [5.74, 6) is -0.344. The lowest BCUT2D eigenvalue weighted by Gasteiger charge is -2.35. The van der Waals surface area contributed by atoms with Crippen LogP contribution in [0.25, 0.3) is 5.65 Å². The van der Waals surface area contributed by atoms with Crippen LogP contribution in [0.15, 0.2) is 18.2 Å². The van der Waals surface area contributed by atoms with Crippen LogP contribution in [0, 0.1) is 19.7 Å². The number of rotatable bonds is 4. The molecule has 3 heterocycles. The first kappa shape index (κ1) is 20.2. The SMILES string of the molecule is CN[C@H]1C[C@@H](Oc2cc(F)ccc2C(=O)N2Cc3nn4c(C)c(Cl)c(C)nc4c3C2)C1. The lowest BCUT2D eigenvalue weighted by Crippen LogP contribution is -2.45. The van der Waals surface area contributed by atoms with Gasteiger partial charge in [0.25, 0.3) is 5.91 Å². The number of halogens is 2. The Bertz CT molecular complexity index is 1200. The van der Waals surface area contributed by atoms with Crippen LogP contribution in [0.2, 0.25) is 5.02 Å². The van der Waals surface area contributed by atoms with Gasteiger partial charge < -0.3 is 15.0 Å². The van der Waals surface area contributed by atoms with E-state index in [1.54, 1.807) is 9.42 Å². The summed E-state index contributed by atoms with van der Waals surface area (Å²) in [4.78, 5) is 19.6. The summed E-state index contributed by atoms with van der Waals surface area (Å²) >= 11 is 6.31. The molecule has 0 saturated heterocycles. The van der Waals surface area contributed by atoms with Gasteiger partial charge in [0.15, 0.2) is 5.65 Å². The number of fused-ring (bicyclic) bond motifs is 3. The van der Waals surface area contributed by atoms with Gasteiger partial charge in [0, 0.05) is 17.7 Å². The Morgan fingerprint density at radius 2 is 2.06 bits per heavy atom. The largest absolute Gasteiger partial charge is 0.489 e. The molecule has 162 valence electrons. The van der Waals surface area contributed by atoms with Gasteiger partial charge in [-0.3, -0.25) is 4.79 Å². The first-order chi connectivity index (χ1) is 14.9. The van der Waals surface area contributed by atoms with E-state index in [9.17, 15) is 9.18 Å². The Kier molecular flexibility index (Phi) is 4.86. The minimum atomic E-state index is -0.426. The Labute approximate surface area is 184 Å². The lowest BCUT2D eigenvalue weighted by atomic mass is 9.89. The fourth-order valence-corrected chi connectivity index (χ4v) is 4.40. The number of aryl methyl sites for hydroxylation is 2. The maximum absolute atomic E-state index is 13.9. The molecular weight excluding hydrogens is 421 g/mol. The standard InChI is InChI=1S/C22H23ClFN5O2/c1-11-20(23)12(2)29-21(26-11)17-9-28(10-18(17)27-29)22(30)16-5-4-13(24)6-19(16)31-15-7-14(8-15)25-3/h4-6,14-15,25H,7-10H2,1-3H3/t14-,15+. The van der Waals surface area contributed by atoms with Gasteiger partial charge in [-0.05, 0) is 45.9 Å². The Balaban J connectivity index is 1.41. The van der Waals surface area contributed by atoms with E-state index < -0.39 is 5.82 Å². The number of benzene rings is 1. The highest BCUT2D eigenvalue weighted by molar-refractivity contribution is 6.31. The second kappa shape index (κ2) is 7.46. The van der Waals surface area contributed by atoms with Gasteiger partial charge in [0.2, 0.25) is 0 Å². The second-order valence-electron chi connectivity index (χ2n) is 8.26. The Hall–Kier alpha value is -2.71. The fraction of sp³-hybridized carbons (Fsp3) is 0.409. The molecular formula is C22H23ClFN5O2. The van der Waals surface area contributed by atoms with Gasteiger partial charge in [0.1, 0.15) is 17.7 Å². The molecule has 1 fully saturated rings. The van der Waals surface area contributed by atoms with Crippen LogP contribution in [0.5, 0.6) is 5.75 Å². The molecule has 0 radical (unpaired) electrons. The first-order valence-electron chi connectivity index (χ1n) is 10.3. The van der Waals surface area contributed by atoms with E-state index in [1.165, 1.54) is 18.2 Å². The third-order valence-corrected chi connectivity index (χ3v) is 6.76. The summed E-state index contributed by atoms with van der Waals surface area (Å²) in [5, 5.41) is 8.40. The van der Waals surface area contributed by atoms with Gasteiger partial charge in [-0.2, -0.15) is 5.10 Å². The first-order valence-corrected chi connectivity index (χ1v) is 10.7.